The van der Waals surface area contributed by atoms with Gasteiger partial charge in [0.1, 0.15) is 11.6 Å². The van der Waals surface area contributed by atoms with Gasteiger partial charge in [-0.2, -0.15) is 9.97 Å². The van der Waals surface area contributed by atoms with Crippen LogP contribution >= 0.6 is 12.2 Å². The Bertz CT molecular complexity index is 650. The van der Waals surface area contributed by atoms with Gasteiger partial charge < -0.3 is 20.4 Å². The molecule has 0 amide bonds. The molecule has 0 spiro atoms. The average Bonchev–Trinajstić information content (AvgIpc) is 2.60. The van der Waals surface area contributed by atoms with Gasteiger partial charge in [-0.3, -0.25) is 0 Å². The van der Waals surface area contributed by atoms with E-state index in [2.05, 4.69) is 54.2 Å². The van der Waals surface area contributed by atoms with Crippen molar-refractivity contribution in [1.82, 2.24) is 15.3 Å². The smallest absolute Gasteiger partial charge is 0.232 e. The van der Waals surface area contributed by atoms with Crippen molar-refractivity contribution in [3.8, 4) is 0 Å². The van der Waals surface area contributed by atoms with Crippen LogP contribution in [0.2, 0.25) is 0 Å². The number of aromatic nitrogens is 2. The second kappa shape index (κ2) is 8.59. The summed E-state index contributed by atoms with van der Waals surface area (Å²) in [5.41, 5.74) is -0.0975. The Morgan fingerprint density at radius 1 is 1.04 bits per heavy atom. The molecule has 150 valence electrons. The van der Waals surface area contributed by atoms with Crippen LogP contribution in [-0.2, 0) is 0 Å². The fraction of sp³-hybridized carbons (Fsp3) is 0.750. The van der Waals surface area contributed by atoms with E-state index in [0.717, 1.165) is 37.8 Å². The van der Waals surface area contributed by atoms with Crippen molar-refractivity contribution in [3.63, 3.8) is 0 Å². The number of rotatable bonds is 3. The van der Waals surface area contributed by atoms with Gasteiger partial charge in [-0.05, 0) is 71.0 Å². The second-order valence-corrected chi connectivity index (χ2v) is 9.39. The Labute approximate surface area is 169 Å². The molecule has 2 N–H and O–H groups in total. The van der Waals surface area contributed by atoms with Crippen LogP contribution in [0.15, 0.2) is 6.07 Å². The van der Waals surface area contributed by atoms with Crippen LogP contribution in [0.4, 0.5) is 17.6 Å². The van der Waals surface area contributed by atoms with Gasteiger partial charge in [0.25, 0.3) is 0 Å². The normalized spacial score (nSPS) is 21.1. The third kappa shape index (κ3) is 5.92. The van der Waals surface area contributed by atoms with E-state index in [1.54, 1.807) is 0 Å². The predicted molar refractivity (Wildman–Crippen MR) is 118 cm³/mol. The van der Waals surface area contributed by atoms with Crippen LogP contribution in [0.3, 0.4) is 0 Å². The Morgan fingerprint density at radius 3 is 2.30 bits per heavy atom. The van der Waals surface area contributed by atoms with Gasteiger partial charge in [-0.15, -0.1) is 0 Å². The number of anilines is 3. The van der Waals surface area contributed by atoms with Gasteiger partial charge >= 0.3 is 0 Å². The summed E-state index contributed by atoms with van der Waals surface area (Å²) in [6, 6.07) is 2.16. The monoisotopic (exact) mass is 390 g/mol. The van der Waals surface area contributed by atoms with Crippen molar-refractivity contribution >= 4 is 34.9 Å². The van der Waals surface area contributed by atoms with Crippen molar-refractivity contribution in [2.45, 2.75) is 65.3 Å². The highest BCUT2D eigenvalue weighted by atomic mass is 32.1. The molecule has 3 heterocycles. The van der Waals surface area contributed by atoms with E-state index in [9.17, 15) is 0 Å². The van der Waals surface area contributed by atoms with Crippen LogP contribution < -0.4 is 20.4 Å². The zero-order valence-electron chi connectivity index (χ0n) is 17.2. The molecule has 0 radical (unpaired) electrons. The third-order valence-corrected chi connectivity index (χ3v) is 5.28. The molecule has 27 heavy (non-hydrogen) atoms. The van der Waals surface area contributed by atoms with Crippen molar-refractivity contribution in [2.75, 3.05) is 41.3 Å². The first-order valence-electron chi connectivity index (χ1n) is 10.3. The summed E-state index contributed by atoms with van der Waals surface area (Å²) in [6.45, 7) is 12.8. The fourth-order valence-corrected chi connectivity index (χ4v) is 4.19. The van der Waals surface area contributed by atoms with Gasteiger partial charge in [0, 0.05) is 37.8 Å². The van der Waals surface area contributed by atoms with Crippen LogP contribution in [-0.4, -0.2) is 46.8 Å². The number of hydrogen-bond donors (Lipinski definition) is 2. The zero-order chi connectivity index (χ0) is 19.4. The molecule has 0 saturated carbocycles. The number of hydrogen-bond acceptors (Lipinski definition) is 5. The quantitative estimate of drug-likeness (QED) is 0.762. The highest BCUT2D eigenvalue weighted by Crippen LogP contribution is 2.27. The maximum Gasteiger partial charge on any atom is 0.232 e. The largest absolute Gasteiger partial charge is 0.358 e. The minimum Gasteiger partial charge on any atom is -0.358 e. The number of nitrogens with zero attached hydrogens (tertiary/aromatic N) is 4. The number of nitrogens with one attached hydrogen (secondary N) is 2. The zero-order valence-corrected chi connectivity index (χ0v) is 18.0. The molecule has 0 unspecified atom stereocenters. The molecule has 0 aromatic carbocycles. The molecule has 2 aliphatic heterocycles. The maximum atomic E-state index is 5.47. The number of piperidine rings is 2. The van der Waals surface area contributed by atoms with Gasteiger partial charge in [-0.25, -0.2) is 0 Å². The summed E-state index contributed by atoms with van der Waals surface area (Å²) < 4.78 is 0. The maximum absolute atomic E-state index is 5.47. The van der Waals surface area contributed by atoms with Crippen molar-refractivity contribution in [3.05, 3.63) is 6.07 Å². The molecule has 6 nitrogen and oxygen atoms in total. The molecule has 1 aromatic heterocycles. The second-order valence-electron chi connectivity index (χ2n) is 8.98. The van der Waals surface area contributed by atoms with Crippen LogP contribution in [0.1, 0.15) is 59.8 Å². The predicted octanol–water partition coefficient (Wildman–Crippen LogP) is 3.79. The van der Waals surface area contributed by atoms with Gasteiger partial charge in [-0.1, -0.05) is 6.92 Å². The first-order valence-corrected chi connectivity index (χ1v) is 10.7. The lowest BCUT2D eigenvalue weighted by molar-refractivity contribution is 0.444. The summed E-state index contributed by atoms with van der Waals surface area (Å²) in [4.78, 5) is 14.4. The Balaban J connectivity index is 1.84. The molecule has 3 rings (SSSR count). The standard InChI is InChI=1S/C20H34N6S/c1-15-9-8-12-26(14-15)17-13-16(25-10-6-5-7-11-25)21-18(22-17)23-19(27)24-20(2,3)4/h13,15H,5-12,14H2,1-4H3,(H2,21,22,23,24,27)/t15-/m1/s1. The fourth-order valence-electron chi connectivity index (χ4n) is 3.80. The summed E-state index contributed by atoms with van der Waals surface area (Å²) in [6.07, 6.45) is 6.28. The van der Waals surface area contributed by atoms with Gasteiger partial charge in [0.15, 0.2) is 5.11 Å². The molecular formula is C20H34N6S. The van der Waals surface area contributed by atoms with Crippen LogP contribution in [0.25, 0.3) is 0 Å². The Kier molecular flexibility index (Phi) is 6.40. The first kappa shape index (κ1) is 20.1. The number of thiocarbonyl (C=S) groups is 1. The van der Waals surface area contributed by atoms with E-state index in [1.807, 2.05) is 0 Å². The van der Waals surface area contributed by atoms with Crippen molar-refractivity contribution < 1.29 is 0 Å². The van der Waals surface area contributed by atoms with E-state index in [1.165, 1.54) is 32.1 Å². The van der Waals surface area contributed by atoms with E-state index in [0.29, 0.717) is 17.0 Å². The van der Waals surface area contributed by atoms with Crippen molar-refractivity contribution in [1.29, 1.82) is 0 Å². The SMILES string of the molecule is C[C@@H]1CCCN(c2cc(N3CCCCC3)nc(NC(=S)NC(C)(C)C)n2)C1. The summed E-state index contributed by atoms with van der Waals surface area (Å²) >= 11 is 5.47. The van der Waals surface area contributed by atoms with E-state index < -0.39 is 0 Å². The van der Waals surface area contributed by atoms with Gasteiger partial charge in [0.05, 0.1) is 0 Å². The highest BCUT2D eigenvalue weighted by Gasteiger charge is 2.22. The van der Waals surface area contributed by atoms with Crippen LogP contribution in [0.5, 0.6) is 0 Å². The summed E-state index contributed by atoms with van der Waals surface area (Å²) in [5, 5.41) is 7.07. The van der Waals surface area contributed by atoms with Crippen LogP contribution in [0, 0.1) is 5.92 Å². The lowest BCUT2D eigenvalue weighted by Crippen LogP contribution is -2.43. The van der Waals surface area contributed by atoms with E-state index >= 15 is 0 Å². The lowest BCUT2D eigenvalue weighted by Gasteiger charge is -2.33. The molecule has 2 aliphatic rings. The minimum absolute atomic E-state index is 0.0975. The molecular weight excluding hydrogens is 356 g/mol. The molecule has 1 atom stereocenters. The third-order valence-electron chi connectivity index (χ3n) is 5.07. The average molecular weight is 391 g/mol. The minimum atomic E-state index is -0.0975. The lowest BCUT2D eigenvalue weighted by atomic mass is 10.0. The Morgan fingerprint density at radius 2 is 1.67 bits per heavy atom. The summed E-state index contributed by atoms with van der Waals surface area (Å²) in [5.74, 6) is 3.32. The molecule has 2 fully saturated rings. The van der Waals surface area contributed by atoms with Gasteiger partial charge in [0.2, 0.25) is 5.95 Å². The van der Waals surface area contributed by atoms with Crippen molar-refractivity contribution in [2.24, 2.45) is 5.92 Å². The van der Waals surface area contributed by atoms with E-state index in [-0.39, 0.29) is 5.54 Å². The Hall–Kier alpha value is -1.63. The topological polar surface area (TPSA) is 56.3 Å². The molecule has 1 aromatic rings. The molecule has 7 heteroatoms. The van der Waals surface area contributed by atoms with E-state index in [4.69, 9.17) is 22.2 Å². The highest BCUT2D eigenvalue weighted by molar-refractivity contribution is 7.80. The molecule has 0 aliphatic carbocycles. The molecule has 0 bridgehead atoms. The summed E-state index contributed by atoms with van der Waals surface area (Å²) in [7, 11) is 0. The first-order chi connectivity index (χ1) is 12.8. The molecule has 2 saturated heterocycles.